The van der Waals surface area contributed by atoms with Crippen molar-refractivity contribution in [2.24, 2.45) is 28.7 Å². The molecule has 0 radical (unpaired) electrons. The number of ether oxygens (including phenoxy) is 1. The van der Waals surface area contributed by atoms with Crippen molar-refractivity contribution in [3.63, 3.8) is 0 Å². The first kappa shape index (κ1) is 58.3. The van der Waals surface area contributed by atoms with Gasteiger partial charge in [0.2, 0.25) is 23.6 Å². The number of anilines is 1. The number of carbonyl (C=O) groups is 7. The molecule has 1 unspecified atom stereocenters. The summed E-state index contributed by atoms with van der Waals surface area (Å²) in [7, 11) is 1.06. The average molecular weight is 968 g/mol. The van der Waals surface area contributed by atoms with Crippen molar-refractivity contribution in [3.8, 4) is 0 Å². The van der Waals surface area contributed by atoms with Crippen molar-refractivity contribution in [3.05, 3.63) is 71.8 Å². The van der Waals surface area contributed by atoms with E-state index in [1.54, 1.807) is 47.7 Å². The highest BCUT2D eigenvalue weighted by Gasteiger charge is 2.46. The number of primary amides is 1. The molecular formula is C49H77N9O9S. The van der Waals surface area contributed by atoms with E-state index in [1.165, 1.54) is 48.0 Å². The molecule has 19 heteroatoms. The summed E-state index contributed by atoms with van der Waals surface area (Å²) in [5.41, 5.74) is 9.83. The van der Waals surface area contributed by atoms with E-state index in [2.05, 4.69) is 26.0 Å². The maximum Gasteiger partial charge on any atom is 0.410 e. The molecule has 0 heterocycles. The molecule has 0 aliphatic carbocycles. The predicted molar refractivity (Wildman–Crippen MR) is 265 cm³/mol. The maximum absolute atomic E-state index is 14.6. The van der Waals surface area contributed by atoms with E-state index in [-0.39, 0.29) is 35.3 Å². The number of carbonyl (C=O) groups excluding carboxylic acids is 7. The van der Waals surface area contributed by atoms with Gasteiger partial charge >= 0.3 is 12.1 Å². The highest BCUT2D eigenvalue weighted by molar-refractivity contribution is 7.83. The second-order valence-electron chi connectivity index (χ2n) is 20.4. The van der Waals surface area contributed by atoms with Gasteiger partial charge in [0.05, 0.1) is 17.0 Å². The summed E-state index contributed by atoms with van der Waals surface area (Å²) in [6.45, 7) is 23.4. The molecule has 0 aliphatic heterocycles. The van der Waals surface area contributed by atoms with Crippen LogP contribution in [0.25, 0.3) is 0 Å². The lowest BCUT2D eigenvalue weighted by molar-refractivity contribution is -0.141. The van der Waals surface area contributed by atoms with Crippen molar-refractivity contribution >= 4 is 58.3 Å². The molecule has 0 aliphatic rings. The third-order valence-corrected chi connectivity index (χ3v) is 12.4. The van der Waals surface area contributed by atoms with Crippen LogP contribution in [-0.4, -0.2) is 112 Å². The monoisotopic (exact) mass is 968 g/mol. The van der Waals surface area contributed by atoms with E-state index >= 15 is 0 Å². The smallest absolute Gasteiger partial charge is 0.410 e. The van der Waals surface area contributed by atoms with Crippen LogP contribution in [0.4, 0.5) is 15.3 Å². The Morgan fingerprint density at radius 1 is 0.779 bits per heavy atom. The van der Waals surface area contributed by atoms with E-state index in [0.717, 1.165) is 5.56 Å². The summed E-state index contributed by atoms with van der Waals surface area (Å²) >= 11 is 0. The first-order valence-electron chi connectivity index (χ1n) is 22.8. The number of hydrogen-bond donors (Lipinski definition) is 7. The van der Waals surface area contributed by atoms with E-state index < -0.39 is 99.3 Å². The lowest BCUT2D eigenvalue weighted by Gasteiger charge is -2.42. The van der Waals surface area contributed by atoms with Gasteiger partial charge in [0.25, 0.3) is 5.91 Å². The number of urea groups is 1. The van der Waals surface area contributed by atoms with Gasteiger partial charge < -0.3 is 42.4 Å². The third kappa shape index (κ3) is 17.4. The molecule has 0 aromatic heterocycles. The molecule has 18 nitrogen and oxygen atoms in total. The SMILES string of the molecule is C/C(=C\[C@H](C(C)C)N(C)C(=O)[C@@H](NC(=O)[C@@H](N(C)C(=O)OC(C)(C)C)C(C)(C)c1ccccc1)C(C)(C)C)C(=O)NS(=O)c1ccc(NC(=O)[C@H](CCCNC(N)=O)NC(=O)[C@@H](N)C(C)C)cc1. The highest BCUT2D eigenvalue weighted by atomic mass is 32.2. The summed E-state index contributed by atoms with van der Waals surface area (Å²) in [6, 6.07) is 9.82. The number of hydrogen-bond acceptors (Lipinski definition) is 10. The van der Waals surface area contributed by atoms with Gasteiger partial charge in [-0.1, -0.05) is 98.7 Å². The zero-order valence-electron chi connectivity index (χ0n) is 42.6. The van der Waals surface area contributed by atoms with Crippen LogP contribution in [0.1, 0.15) is 108 Å². The van der Waals surface area contributed by atoms with Crippen LogP contribution >= 0.6 is 0 Å². The summed E-state index contributed by atoms with van der Waals surface area (Å²) < 4.78 is 21.6. The summed E-state index contributed by atoms with van der Waals surface area (Å²) in [5.74, 6) is -3.11. The van der Waals surface area contributed by atoms with Crippen molar-refractivity contribution in [2.45, 2.75) is 149 Å². The molecule has 0 fully saturated rings. The molecule has 8 amide bonds. The minimum absolute atomic E-state index is 0.169. The van der Waals surface area contributed by atoms with Gasteiger partial charge in [0.1, 0.15) is 23.7 Å². The highest BCUT2D eigenvalue weighted by Crippen LogP contribution is 2.32. The van der Waals surface area contributed by atoms with Gasteiger partial charge in [-0.15, -0.1) is 0 Å². The van der Waals surface area contributed by atoms with Crippen LogP contribution in [0.2, 0.25) is 0 Å². The van der Waals surface area contributed by atoms with Crippen LogP contribution in [0, 0.1) is 17.3 Å². The van der Waals surface area contributed by atoms with Crippen molar-refractivity contribution in [1.82, 2.24) is 30.5 Å². The topological polar surface area (TPSA) is 264 Å². The Labute approximate surface area is 405 Å². The number of rotatable bonds is 21. The molecule has 6 atom stereocenters. The van der Waals surface area contributed by atoms with E-state index in [0.29, 0.717) is 12.1 Å². The minimum atomic E-state index is -2.03. The minimum Gasteiger partial charge on any atom is -0.444 e. The Morgan fingerprint density at radius 2 is 1.35 bits per heavy atom. The number of amides is 8. The molecule has 0 spiro atoms. The Kier molecular flexibility index (Phi) is 21.4. The van der Waals surface area contributed by atoms with Crippen LogP contribution in [-0.2, 0) is 45.1 Å². The van der Waals surface area contributed by atoms with Gasteiger partial charge in [0, 0.05) is 37.3 Å². The van der Waals surface area contributed by atoms with Crippen molar-refractivity contribution in [1.29, 1.82) is 0 Å². The summed E-state index contributed by atoms with van der Waals surface area (Å²) in [4.78, 5) is 96.3. The first-order valence-corrected chi connectivity index (χ1v) is 23.9. The Morgan fingerprint density at radius 3 is 1.85 bits per heavy atom. The second kappa shape index (κ2) is 25.0. The Bertz CT molecular complexity index is 2130. The van der Waals surface area contributed by atoms with Crippen LogP contribution < -0.4 is 37.5 Å². The van der Waals surface area contributed by atoms with Crippen molar-refractivity contribution in [2.75, 3.05) is 26.0 Å². The van der Waals surface area contributed by atoms with E-state index in [9.17, 15) is 37.8 Å². The fourth-order valence-corrected chi connectivity index (χ4v) is 8.06. The summed E-state index contributed by atoms with van der Waals surface area (Å²) in [5, 5.41) is 10.8. The van der Waals surface area contributed by atoms with Gasteiger partial charge in [-0.3, -0.25) is 33.6 Å². The normalized spacial score (nSPS) is 14.9. The van der Waals surface area contributed by atoms with Crippen LogP contribution in [0.5, 0.6) is 0 Å². The standard InChI is InChI=1S/C49H77N9O9S/c1-29(2)36(57(14)44(63)38(47(6,7)8)55-43(62)39(58(15)46(65)67-48(9,10)11)49(12,13)32-20-17-16-18-21-32)28-31(5)40(59)56-68(66)34-25-23-33(24-26-34)53-41(60)35(22-19-27-52-45(51)64)54-42(61)37(50)30(3)4/h16-18,20-21,23-26,28-30,35-39H,19,22,27,50H2,1-15H3,(H,53,60)(H,54,61)(H,55,62)(H,56,59)(H3,51,52,64)/b31-28+/t35-,36+,37-,38+,39+,68?/m0/s1. The van der Waals surface area contributed by atoms with E-state index in [1.807, 2.05) is 78.8 Å². The molecule has 378 valence electrons. The Balaban J connectivity index is 2.31. The fourth-order valence-electron chi connectivity index (χ4n) is 7.23. The van der Waals surface area contributed by atoms with Crippen LogP contribution in [0.3, 0.4) is 0 Å². The number of nitrogens with one attached hydrogen (secondary N) is 5. The molecule has 2 aromatic rings. The van der Waals surface area contributed by atoms with Crippen molar-refractivity contribution < 1.29 is 42.5 Å². The lowest BCUT2D eigenvalue weighted by atomic mass is 9.76. The number of nitrogens with zero attached hydrogens (tertiary/aromatic N) is 2. The molecule has 2 rings (SSSR count). The first-order chi connectivity index (χ1) is 31.3. The quantitative estimate of drug-likeness (QED) is 0.0660. The molecule has 0 saturated carbocycles. The molecule has 0 bridgehead atoms. The zero-order valence-corrected chi connectivity index (χ0v) is 43.4. The number of nitrogens with two attached hydrogens (primary N) is 2. The van der Waals surface area contributed by atoms with Gasteiger partial charge in [0.15, 0.2) is 11.0 Å². The average Bonchev–Trinajstić information content (AvgIpc) is 3.23. The fraction of sp³-hybridized carbons (Fsp3) is 0.571. The van der Waals surface area contributed by atoms with Crippen LogP contribution in [0.15, 0.2) is 71.1 Å². The molecule has 9 N–H and O–H groups in total. The molecule has 68 heavy (non-hydrogen) atoms. The maximum atomic E-state index is 14.6. The van der Waals surface area contributed by atoms with Gasteiger partial charge in [-0.25, -0.2) is 13.8 Å². The second-order valence-corrected chi connectivity index (χ2v) is 21.6. The lowest BCUT2D eigenvalue weighted by Crippen LogP contribution is -2.63. The van der Waals surface area contributed by atoms with Gasteiger partial charge in [-0.2, -0.15) is 0 Å². The zero-order chi connectivity index (χ0) is 52.1. The molecule has 2 aromatic carbocycles. The van der Waals surface area contributed by atoms with Gasteiger partial charge in [-0.05, 0) is 87.6 Å². The number of likely N-dealkylation sites (N-methyl/N-ethyl adjacent to an activating group) is 2. The predicted octanol–water partition coefficient (Wildman–Crippen LogP) is 4.85. The number of benzene rings is 2. The molecule has 0 saturated heterocycles. The third-order valence-electron chi connectivity index (χ3n) is 11.3. The summed E-state index contributed by atoms with van der Waals surface area (Å²) in [6.07, 6.45) is 1.40. The largest absolute Gasteiger partial charge is 0.444 e. The Hall–Kier alpha value is -5.82. The molecular weight excluding hydrogens is 891 g/mol. The van der Waals surface area contributed by atoms with E-state index in [4.69, 9.17) is 16.2 Å².